The van der Waals surface area contributed by atoms with E-state index >= 15 is 0 Å². The molecule has 1 aromatic rings. The van der Waals surface area contributed by atoms with Gasteiger partial charge >= 0.3 is 0 Å². The van der Waals surface area contributed by atoms with E-state index in [4.69, 9.17) is 3.83 Å². The van der Waals surface area contributed by atoms with E-state index < -0.39 is 0 Å². The molecule has 0 aliphatic heterocycles. The van der Waals surface area contributed by atoms with Crippen LogP contribution in [0.5, 0.6) is 0 Å². The average Bonchev–Trinajstić information content (AvgIpc) is 2.04. The van der Waals surface area contributed by atoms with Crippen molar-refractivity contribution in [3.8, 4) is 0 Å². The van der Waals surface area contributed by atoms with E-state index in [1.165, 1.54) is 11.1 Å². The molecule has 0 saturated heterocycles. The van der Waals surface area contributed by atoms with Crippen molar-refractivity contribution in [1.29, 1.82) is 0 Å². The largest absolute Gasteiger partial charge is 0.308 e. The second-order valence-corrected chi connectivity index (χ2v) is 3.01. The van der Waals surface area contributed by atoms with Crippen molar-refractivity contribution >= 4 is 16.3 Å². The fourth-order valence-corrected chi connectivity index (χ4v) is 1.07. The molecule has 0 unspecified atom stereocenters. The van der Waals surface area contributed by atoms with Gasteiger partial charge in [-0.3, -0.25) is 0 Å². The van der Waals surface area contributed by atoms with E-state index in [1.54, 1.807) is 0 Å². The van der Waals surface area contributed by atoms with Gasteiger partial charge in [0.15, 0.2) is 0 Å². The minimum absolute atomic E-state index is 0.725. The summed E-state index contributed by atoms with van der Waals surface area (Å²) in [5.41, 5.74) is 2.61. The first-order chi connectivity index (χ1) is 5.33. The predicted octanol–water partition coefficient (Wildman–Crippen LogP) is 2.86. The number of aryl methyl sites for hydroxylation is 1. The zero-order chi connectivity index (χ0) is 8.10. The van der Waals surface area contributed by atoms with Crippen LogP contribution in [0.1, 0.15) is 11.1 Å². The Bertz CT molecular complexity index is 205. The van der Waals surface area contributed by atoms with E-state index in [0.717, 1.165) is 13.0 Å². The van der Waals surface area contributed by atoms with E-state index in [0.29, 0.717) is 0 Å². The first kappa shape index (κ1) is 8.75. The molecule has 1 rings (SSSR count). The van der Waals surface area contributed by atoms with Crippen LogP contribution in [-0.2, 0) is 10.2 Å². The van der Waals surface area contributed by atoms with Crippen molar-refractivity contribution in [2.24, 2.45) is 0 Å². The molecule has 11 heavy (non-hydrogen) atoms. The Hall–Kier alpha value is -0.340. The summed E-state index contributed by atoms with van der Waals surface area (Å²) in [6.45, 7) is 2.81. The molecule has 0 atom stereocenters. The molecule has 0 heterocycles. The smallest absolute Gasteiger partial charge is 0.0987 e. The van der Waals surface area contributed by atoms with Gasteiger partial charge in [0.2, 0.25) is 0 Å². The summed E-state index contributed by atoms with van der Waals surface area (Å²) in [6, 6.07) is 8.48. The first-order valence-corrected chi connectivity index (χ1v) is 4.27. The Balaban J connectivity index is 2.52. The van der Waals surface area contributed by atoms with Crippen molar-refractivity contribution in [3.05, 3.63) is 35.4 Å². The maximum Gasteiger partial charge on any atom is 0.0987 e. The summed E-state index contributed by atoms with van der Waals surface area (Å²) in [5, 5.41) is 0. The molecular weight excluding hydrogens is 204 g/mol. The summed E-state index contributed by atoms with van der Waals surface area (Å²) in [4.78, 5) is 0. The van der Waals surface area contributed by atoms with Crippen molar-refractivity contribution in [3.63, 3.8) is 0 Å². The minimum atomic E-state index is 0.725. The second kappa shape index (κ2) is 4.52. The van der Waals surface area contributed by atoms with Gasteiger partial charge in [0, 0.05) is 0 Å². The zero-order valence-corrected chi connectivity index (χ0v) is 8.10. The van der Waals surface area contributed by atoms with Gasteiger partial charge in [-0.15, -0.1) is 0 Å². The third-order valence-corrected chi connectivity index (χ3v) is 1.91. The molecule has 0 spiro atoms. The average molecular weight is 215 g/mol. The number of benzene rings is 1. The van der Waals surface area contributed by atoms with Gasteiger partial charge in [0.25, 0.3) is 0 Å². The monoisotopic (exact) mass is 214 g/mol. The maximum absolute atomic E-state index is 4.79. The van der Waals surface area contributed by atoms with Crippen LogP contribution in [0.4, 0.5) is 0 Å². The van der Waals surface area contributed by atoms with E-state index in [2.05, 4.69) is 47.4 Å². The topological polar surface area (TPSA) is 9.23 Å². The van der Waals surface area contributed by atoms with E-state index in [-0.39, 0.29) is 0 Å². The van der Waals surface area contributed by atoms with Crippen molar-refractivity contribution < 1.29 is 3.83 Å². The minimum Gasteiger partial charge on any atom is -0.308 e. The summed E-state index contributed by atoms with van der Waals surface area (Å²) < 4.78 is 4.79. The number of hydrogen-bond acceptors (Lipinski definition) is 1. The van der Waals surface area contributed by atoms with Gasteiger partial charge in [-0.2, -0.15) is 0 Å². The van der Waals surface area contributed by atoms with Crippen LogP contribution >= 0.6 is 16.3 Å². The molecular formula is C9H11BrO. The Morgan fingerprint density at radius 2 is 1.91 bits per heavy atom. The number of hydrogen-bond donors (Lipinski definition) is 0. The van der Waals surface area contributed by atoms with Gasteiger partial charge < -0.3 is 3.83 Å². The molecule has 2 heteroatoms. The Labute approximate surface area is 75.8 Å². The van der Waals surface area contributed by atoms with Crippen LogP contribution in [0, 0.1) is 6.92 Å². The highest BCUT2D eigenvalue weighted by Gasteiger charge is 1.90. The molecule has 0 amide bonds. The third-order valence-electron chi connectivity index (χ3n) is 1.59. The molecule has 0 aromatic heterocycles. The fraction of sp³-hybridized carbons (Fsp3) is 0.333. The molecule has 0 aliphatic carbocycles. The highest BCUT2D eigenvalue weighted by molar-refractivity contribution is 9.06. The van der Waals surface area contributed by atoms with Crippen molar-refractivity contribution in [2.75, 3.05) is 6.61 Å². The highest BCUT2D eigenvalue weighted by atomic mass is 79.9. The summed E-state index contributed by atoms with van der Waals surface area (Å²) in [6.07, 6.45) is 0.964. The SMILES string of the molecule is Cc1ccc(CCOBr)cc1. The van der Waals surface area contributed by atoms with Crippen LogP contribution in [0.25, 0.3) is 0 Å². The second-order valence-electron chi connectivity index (χ2n) is 2.55. The summed E-state index contributed by atoms with van der Waals surface area (Å²) >= 11 is 2.92. The normalized spacial score (nSPS) is 10.0. The number of halogens is 1. The molecule has 1 nitrogen and oxygen atoms in total. The molecule has 0 aliphatic rings. The molecule has 0 bridgehead atoms. The molecule has 0 radical (unpaired) electrons. The lowest BCUT2D eigenvalue weighted by atomic mass is 10.1. The molecule has 0 N–H and O–H groups in total. The zero-order valence-electron chi connectivity index (χ0n) is 6.51. The lowest BCUT2D eigenvalue weighted by Gasteiger charge is -1.98. The van der Waals surface area contributed by atoms with Crippen LogP contribution in [-0.4, -0.2) is 6.61 Å². The summed E-state index contributed by atoms with van der Waals surface area (Å²) in [7, 11) is 0. The van der Waals surface area contributed by atoms with Crippen LogP contribution in [0.15, 0.2) is 24.3 Å². The van der Waals surface area contributed by atoms with Crippen LogP contribution in [0.2, 0.25) is 0 Å². The highest BCUT2D eigenvalue weighted by Crippen LogP contribution is 2.04. The Kier molecular flexibility index (Phi) is 3.60. The van der Waals surface area contributed by atoms with Crippen molar-refractivity contribution in [1.82, 2.24) is 0 Å². The van der Waals surface area contributed by atoms with E-state index in [1.807, 2.05) is 0 Å². The van der Waals surface area contributed by atoms with Crippen molar-refractivity contribution in [2.45, 2.75) is 13.3 Å². The maximum atomic E-state index is 4.79. The van der Waals surface area contributed by atoms with E-state index in [9.17, 15) is 0 Å². The quantitative estimate of drug-likeness (QED) is 0.753. The van der Waals surface area contributed by atoms with Gasteiger partial charge in [0.05, 0.1) is 22.9 Å². The van der Waals surface area contributed by atoms with Crippen LogP contribution < -0.4 is 0 Å². The Morgan fingerprint density at radius 1 is 1.27 bits per heavy atom. The van der Waals surface area contributed by atoms with Gasteiger partial charge in [-0.25, -0.2) is 0 Å². The lowest BCUT2D eigenvalue weighted by molar-refractivity contribution is 0.402. The lowest BCUT2D eigenvalue weighted by Crippen LogP contribution is -1.90. The molecule has 0 fully saturated rings. The molecule has 0 saturated carbocycles. The predicted molar refractivity (Wildman–Crippen MR) is 49.8 cm³/mol. The van der Waals surface area contributed by atoms with Crippen LogP contribution in [0.3, 0.4) is 0 Å². The first-order valence-electron chi connectivity index (χ1n) is 3.62. The number of rotatable bonds is 3. The fourth-order valence-electron chi connectivity index (χ4n) is 0.911. The Morgan fingerprint density at radius 3 is 2.45 bits per heavy atom. The molecule has 1 aromatic carbocycles. The summed E-state index contributed by atoms with van der Waals surface area (Å²) in [5.74, 6) is 0. The van der Waals surface area contributed by atoms with Gasteiger partial charge in [0.1, 0.15) is 0 Å². The van der Waals surface area contributed by atoms with Gasteiger partial charge in [-0.05, 0) is 18.9 Å². The third kappa shape index (κ3) is 3.04. The standard InChI is InChI=1S/C9H11BrO/c1-8-2-4-9(5-3-8)6-7-11-10/h2-5H,6-7H2,1H3. The van der Waals surface area contributed by atoms with Gasteiger partial charge in [-0.1, -0.05) is 29.8 Å². The molecule has 60 valence electrons.